The molecule has 1 aliphatic carbocycles. The summed E-state index contributed by atoms with van der Waals surface area (Å²) < 4.78 is 32.3. The summed E-state index contributed by atoms with van der Waals surface area (Å²) >= 11 is 0. The predicted molar refractivity (Wildman–Crippen MR) is 186 cm³/mol. The van der Waals surface area contributed by atoms with E-state index in [-0.39, 0.29) is 11.5 Å². The first-order chi connectivity index (χ1) is 22.5. The average molecular weight is 650 g/mol. The van der Waals surface area contributed by atoms with Crippen LogP contribution < -0.4 is 5.73 Å². The number of nitrogens with two attached hydrogens (primary N) is 1. The largest absolute Gasteiger partial charge is 0.396 e. The molecule has 3 aromatic heterocycles. The molecule has 0 atom stereocenters. The van der Waals surface area contributed by atoms with Crippen LogP contribution in [-0.4, -0.2) is 44.0 Å². The summed E-state index contributed by atoms with van der Waals surface area (Å²) in [6, 6.07) is 23.5. The highest BCUT2D eigenvalue weighted by Crippen LogP contribution is 2.39. The van der Waals surface area contributed by atoms with Crippen LogP contribution in [0.4, 0.5) is 5.82 Å². The number of nitrogen functional groups attached to an aromatic ring is 1. The molecule has 1 fully saturated rings. The van der Waals surface area contributed by atoms with Crippen LogP contribution in [0.15, 0.2) is 90.1 Å². The number of aryl methyl sites for hydroxylation is 3. The first-order valence-electron chi connectivity index (χ1n) is 15.8. The first kappa shape index (κ1) is 32.3. The number of anilines is 1. The number of aliphatic hydroxyl groups excluding tert-OH is 1. The molecule has 4 N–H and O–H groups in total. The smallest absolute Gasteiger partial charge is 0.294 e. The second-order valence-electron chi connectivity index (χ2n) is 12.4. The Morgan fingerprint density at radius 3 is 2.30 bits per heavy atom. The minimum atomic E-state index is -4.05. The van der Waals surface area contributed by atoms with E-state index >= 15 is 0 Å². The molecule has 1 aliphatic rings. The van der Waals surface area contributed by atoms with E-state index in [1.54, 1.807) is 25.3 Å². The monoisotopic (exact) mass is 649 g/mol. The van der Waals surface area contributed by atoms with Crippen molar-refractivity contribution < 1.29 is 18.1 Å². The Morgan fingerprint density at radius 2 is 1.62 bits per heavy atom. The summed E-state index contributed by atoms with van der Waals surface area (Å²) in [6.45, 7) is 5.91. The Hall–Kier alpha value is -4.64. The minimum Gasteiger partial charge on any atom is -0.396 e. The maximum absolute atomic E-state index is 10.7. The van der Waals surface area contributed by atoms with Crippen LogP contribution in [0.2, 0.25) is 0 Å². The Kier molecular flexibility index (Phi) is 9.09. The Bertz CT molecular complexity index is 2170. The molecule has 0 bridgehead atoms. The van der Waals surface area contributed by atoms with Crippen molar-refractivity contribution in [3.63, 3.8) is 0 Å². The number of nitrogens with zero attached hydrogens (tertiary/aromatic N) is 4. The van der Waals surface area contributed by atoms with E-state index in [1.165, 1.54) is 11.6 Å². The van der Waals surface area contributed by atoms with Gasteiger partial charge in [0, 0.05) is 41.4 Å². The molecule has 0 saturated heterocycles. The molecule has 0 aliphatic heterocycles. The summed E-state index contributed by atoms with van der Waals surface area (Å²) in [5.74, 6) is 2.25. The Balaban J connectivity index is 0.000000273. The van der Waals surface area contributed by atoms with Gasteiger partial charge in [-0.25, -0.2) is 15.0 Å². The number of hydrogen-bond donors (Lipinski definition) is 3. The molecule has 1 saturated carbocycles. The van der Waals surface area contributed by atoms with Gasteiger partial charge in [0.05, 0.1) is 16.1 Å². The Morgan fingerprint density at radius 1 is 0.872 bits per heavy atom. The molecule has 0 amide bonds. The fourth-order valence-electron chi connectivity index (χ4n) is 6.57. The number of hydrogen-bond acceptors (Lipinski definition) is 7. The number of imidazole rings is 1. The van der Waals surface area contributed by atoms with E-state index in [0.717, 1.165) is 76.0 Å². The lowest BCUT2D eigenvalue weighted by molar-refractivity contribution is 0.181. The molecule has 6 aromatic rings. The van der Waals surface area contributed by atoms with Crippen LogP contribution in [-0.2, 0) is 10.1 Å². The van der Waals surface area contributed by atoms with Crippen molar-refractivity contribution in [2.45, 2.75) is 57.3 Å². The van der Waals surface area contributed by atoms with Crippen molar-refractivity contribution in [1.82, 2.24) is 19.4 Å². The molecular formula is C37H39N5O4S. The van der Waals surface area contributed by atoms with Gasteiger partial charge in [-0.2, -0.15) is 8.42 Å². The maximum Gasteiger partial charge on any atom is 0.294 e. The van der Waals surface area contributed by atoms with Crippen molar-refractivity contribution in [1.29, 1.82) is 0 Å². The van der Waals surface area contributed by atoms with Gasteiger partial charge in [-0.15, -0.1) is 0 Å². The van der Waals surface area contributed by atoms with E-state index in [1.807, 2.05) is 31.3 Å². The number of aromatic nitrogens is 4. The van der Waals surface area contributed by atoms with E-state index < -0.39 is 10.1 Å². The fourth-order valence-corrected chi connectivity index (χ4v) is 7.28. The van der Waals surface area contributed by atoms with Gasteiger partial charge in [0.25, 0.3) is 10.1 Å². The first-order valence-corrected chi connectivity index (χ1v) is 17.2. The summed E-state index contributed by atoms with van der Waals surface area (Å²) in [5.41, 5.74) is 14.8. The number of benzene rings is 3. The molecule has 0 unspecified atom stereocenters. The standard InChI is InChI=1S/C29H29N5O.C8H10O3S/c1-18-15-24(20-5-3-2-4-6-20)32-25-16-22(11-12-23(18)25)26-27-28(30)31-13-14-34(27)29(33-26)21-9-7-19(17-35)8-10-21;1-6-3-4-8(7(2)5-6)12(9,10)11/h2-6,11-16,19,21,35H,7-10,17H2,1H3,(H2,30,31);3-5H,1-2H3,(H,9,10,11). The Labute approximate surface area is 274 Å². The molecule has 3 aromatic carbocycles. The molecule has 47 heavy (non-hydrogen) atoms. The lowest BCUT2D eigenvalue weighted by atomic mass is 9.82. The van der Waals surface area contributed by atoms with Gasteiger partial charge in [0.15, 0.2) is 0 Å². The van der Waals surface area contributed by atoms with Gasteiger partial charge in [0.2, 0.25) is 0 Å². The van der Waals surface area contributed by atoms with Crippen LogP contribution >= 0.6 is 0 Å². The number of pyridine rings is 1. The zero-order valence-electron chi connectivity index (χ0n) is 26.8. The van der Waals surface area contributed by atoms with Gasteiger partial charge < -0.3 is 10.8 Å². The summed E-state index contributed by atoms with van der Waals surface area (Å²) in [4.78, 5) is 14.5. The van der Waals surface area contributed by atoms with Crippen LogP contribution in [0, 0.1) is 26.7 Å². The normalized spacial score (nSPS) is 16.6. The zero-order chi connectivity index (χ0) is 33.3. The van der Waals surface area contributed by atoms with Crippen molar-refractivity contribution in [2.24, 2.45) is 5.92 Å². The van der Waals surface area contributed by atoms with Crippen molar-refractivity contribution >= 4 is 32.4 Å². The maximum atomic E-state index is 10.7. The van der Waals surface area contributed by atoms with Crippen molar-refractivity contribution in [2.75, 3.05) is 12.3 Å². The number of aliphatic hydroxyl groups is 1. The highest BCUT2D eigenvalue weighted by atomic mass is 32.2. The zero-order valence-corrected chi connectivity index (χ0v) is 27.6. The van der Waals surface area contributed by atoms with Crippen molar-refractivity contribution in [3.8, 4) is 22.5 Å². The molecule has 3 heterocycles. The van der Waals surface area contributed by atoms with Crippen LogP contribution in [0.5, 0.6) is 0 Å². The second kappa shape index (κ2) is 13.2. The van der Waals surface area contributed by atoms with E-state index in [9.17, 15) is 13.5 Å². The third kappa shape index (κ3) is 6.76. The van der Waals surface area contributed by atoms with E-state index in [0.29, 0.717) is 23.2 Å². The third-order valence-electron chi connectivity index (χ3n) is 9.05. The second-order valence-corrected chi connectivity index (χ2v) is 13.8. The van der Waals surface area contributed by atoms with Gasteiger partial charge in [0.1, 0.15) is 22.9 Å². The quantitative estimate of drug-likeness (QED) is 0.165. The summed E-state index contributed by atoms with van der Waals surface area (Å²) in [7, 11) is -4.05. The van der Waals surface area contributed by atoms with E-state index in [4.69, 9.17) is 20.3 Å². The number of fused-ring (bicyclic) bond motifs is 2. The van der Waals surface area contributed by atoms with Gasteiger partial charge >= 0.3 is 0 Å². The van der Waals surface area contributed by atoms with Gasteiger partial charge in [-0.1, -0.05) is 60.2 Å². The molecular weight excluding hydrogens is 611 g/mol. The van der Waals surface area contributed by atoms with Crippen LogP contribution in [0.25, 0.3) is 38.9 Å². The lowest BCUT2D eigenvalue weighted by Crippen LogP contribution is -2.17. The van der Waals surface area contributed by atoms with Crippen LogP contribution in [0.3, 0.4) is 0 Å². The van der Waals surface area contributed by atoms with Gasteiger partial charge in [-0.05, 0) is 81.7 Å². The molecule has 7 rings (SSSR count). The highest BCUT2D eigenvalue weighted by molar-refractivity contribution is 7.85. The molecule has 0 spiro atoms. The number of rotatable bonds is 5. The fraction of sp³-hybridized carbons (Fsp3) is 0.270. The molecule has 242 valence electrons. The highest BCUT2D eigenvalue weighted by Gasteiger charge is 2.27. The minimum absolute atomic E-state index is 0.0203. The molecule has 0 radical (unpaired) electrons. The lowest BCUT2D eigenvalue weighted by Gasteiger charge is -2.26. The third-order valence-corrected chi connectivity index (χ3v) is 10.1. The molecule has 10 heteroatoms. The summed E-state index contributed by atoms with van der Waals surface area (Å²) in [6.07, 6.45) is 7.79. The molecule has 9 nitrogen and oxygen atoms in total. The average Bonchev–Trinajstić information content (AvgIpc) is 3.45. The van der Waals surface area contributed by atoms with E-state index in [2.05, 4.69) is 52.7 Å². The van der Waals surface area contributed by atoms with Gasteiger partial charge in [-0.3, -0.25) is 8.95 Å². The topological polar surface area (TPSA) is 144 Å². The SMILES string of the molecule is Cc1cc(-c2ccccc2)nc2cc(-c3nc(C4CCC(CO)CC4)n4ccnc(N)c34)ccc12.Cc1ccc(S(=O)(=O)O)c(C)c1. The predicted octanol–water partition coefficient (Wildman–Crippen LogP) is 7.32. The van der Waals surface area contributed by atoms with Crippen LogP contribution in [0.1, 0.15) is 54.1 Å². The van der Waals surface area contributed by atoms with Crippen molar-refractivity contribution in [3.05, 3.63) is 108 Å². The summed E-state index contributed by atoms with van der Waals surface area (Å²) in [5, 5.41) is 10.7.